The molecule has 1 amide bonds. The number of halogens is 3. The van der Waals surface area contributed by atoms with Crippen LogP contribution in [-0.4, -0.2) is 5.91 Å². The van der Waals surface area contributed by atoms with Crippen LogP contribution in [0.4, 0.5) is 8.78 Å². The fourth-order valence-electron chi connectivity index (χ4n) is 1.73. The third-order valence-electron chi connectivity index (χ3n) is 2.88. The second-order valence-electron chi connectivity index (χ2n) is 4.36. The Hall–Kier alpha value is -1.75. The van der Waals surface area contributed by atoms with Crippen LogP contribution in [0.1, 0.15) is 21.5 Å². The lowest BCUT2D eigenvalue weighted by molar-refractivity contribution is 0.0946. The van der Waals surface area contributed by atoms with E-state index in [0.717, 1.165) is 0 Å². The van der Waals surface area contributed by atoms with E-state index in [2.05, 4.69) is 21.2 Å². The zero-order valence-corrected chi connectivity index (χ0v) is 12.3. The summed E-state index contributed by atoms with van der Waals surface area (Å²) in [4.78, 5) is 11.9. The predicted octanol–water partition coefficient (Wildman–Crippen LogP) is 3.97. The van der Waals surface area contributed by atoms with E-state index in [-0.39, 0.29) is 17.9 Å². The molecular formula is C15H12BrF2NO. The van der Waals surface area contributed by atoms with Gasteiger partial charge in [-0.1, -0.05) is 18.2 Å². The van der Waals surface area contributed by atoms with Crippen LogP contribution in [0, 0.1) is 18.6 Å². The molecule has 0 atom stereocenters. The van der Waals surface area contributed by atoms with Crippen molar-refractivity contribution in [3.8, 4) is 0 Å². The summed E-state index contributed by atoms with van der Waals surface area (Å²) >= 11 is 3.13. The Kier molecular flexibility index (Phi) is 4.49. The molecular weight excluding hydrogens is 328 g/mol. The van der Waals surface area contributed by atoms with Crippen LogP contribution < -0.4 is 5.32 Å². The first-order valence-corrected chi connectivity index (χ1v) is 6.75. The van der Waals surface area contributed by atoms with Gasteiger partial charge in [0.1, 0.15) is 11.6 Å². The molecule has 0 saturated heterocycles. The minimum Gasteiger partial charge on any atom is -0.348 e. The van der Waals surface area contributed by atoms with Gasteiger partial charge in [-0.05, 0) is 52.2 Å². The van der Waals surface area contributed by atoms with Crippen LogP contribution in [0.25, 0.3) is 0 Å². The van der Waals surface area contributed by atoms with E-state index in [1.165, 1.54) is 18.2 Å². The molecule has 0 bridgehead atoms. The van der Waals surface area contributed by atoms with Gasteiger partial charge in [0.2, 0.25) is 0 Å². The van der Waals surface area contributed by atoms with Crippen LogP contribution in [0.15, 0.2) is 40.9 Å². The van der Waals surface area contributed by atoms with E-state index in [1.54, 1.807) is 25.1 Å². The van der Waals surface area contributed by atoms with Gasteiger partial charge in [0.05, 0.1) is 5.56 Å². The smallest absolute Gasteiger partial charge is 0.255 e. The number of hydrogen-bond donors (Lipinski definition) is 1. The topological polar surface area (TPSA) is 29.1 Å². The molecule has 0 spiro atoms. The number of nitrogens with one attached hydrogen (secondary N) is 1. The van der Waals surface area contributed by atoms with Gasteiger partial charge in [0.25, 0.3) is 5.91 Å². The summed E-state index contributed by atoms with van der Waals surface area (Å²) in [7, 11) is 0. The highest BCUT2D eigenvalue weighted by molar-refractivity contribution is 9.10. The highest BCUT2D eigenvalue weighted by Gasteiger charge is 2.15. The summed E-state index contributed by atoms with van der Waals surface area (Å²) in [6, 6.07) is 9.01. The largest absolute Gasteiger partial charge is 0.348 e. The number of carbonyl (C=O) groups excluding carboxylic acids is 1. The van der Waals surface area contributed by atoms with Gasteiger partial charge in [-0.2, -0.15) is 0 Å². The molecule has 0 aliphatic carbocycles. The summed E-state index contributed by atoms with van der Waals surface area (Å²) in [6.07, 6.45) is 0. The summed E-state index contributed by atoms with van der Waals surface area (Å²) in [5.41, 5.74) is 1.10. The Bertz CT molecular complexity index is 638. The molecule has 0 aliphatic rings. The van der Waals surface area contributed by atoms with Gasteiger partial charge >= 0.3 is 0 Å². The molecule has 2 aromatic rings. The first kappa shape index (κ1) is 14.7. The van der Waals surface area contributed by atoms with Crippen molar-refractivity contribution in [3.05, 3.63) is 69.2 Å². The van der Waals surface area contributed by atoms with Gasteiger partial charge < -0.3 is 5.32 Å². The fourth-order valence-corrected chi connectivity index (χ4v) is 2.25. The molecule has 2 nitrogen and oxygen atoms in total. The zero-order chi connectivity index (χ0) is 14.7. The Morgan fingerprint density at radius 2 is 1.95 bits per heavy atom. The maximum Gasteiger partial charge on any atom is 0.255 e. The average molecular weight is 340 g/mol. The van der Waals surface area contributed by atoms with Crippen LogP contribution in [0.2, 0.25) is 0 Å². The van der Waals surface area contributed by atoms with E-state index >= 15 is 0 Å². The Balaban J connectivity index is 2.11. The van der Waals surface area contributed by atoms with Crippen molar-refractivity contribution < 1.29 is 13.6 Å². The number of carbonyl (C=O) groups is 1. The molecule has 0 aliphatic heterocycles. The maximum absolute atomic E-state index is 13.6. The van der Waals surface area contributed by atoms with Crippen molar-refractivity contribution in [1.82, 2.24) is 5.32 Å². The molecule has 0 fully saturated rings. The standard InChI is InChI=1S/C15H12BrF2NO/c1-9-5-6-10(7-13(9)18)8-19-15(20)14-11(16)3-2-4-12(14)17/h2-7H,8H2,1H3,(H,19,20). The van der Waals surface area contributed by atoms with Crippen LogP contribution in [-0.2, 0) is 6.54 Å². The lowest BCUT2D eigenvalue weighted by Crippen LogP contribution is -2.24. The number of amides is 1. The van der Waals surface area contributed by atoms with Gasteiger partial charge in [-0.3, -0.25) is 4.79 Å². The minimum atomic E-state index is -0.605. The van der Waals surface area contributed by atoms with Crippen LogP contribution >= 0.6 is 15.9 Å². The van der Waals surface area contributed by atoms with E-state index < -0.39 is 11.7 Å². The SMILES string of the molecule is Cc1ccc(CNC(=O)c2c(F)cccc2Br)cc1F. The monoisotopic (exact) mass is 339 g/mol. The summed E-state index contributed by atoms with van der Waals surface area (Å²) in [6.45, 7) is 1.80. The summed E-state index contributed by atoms with van der Waals surface area (Å²) < 4.78 is 27.3. The van der Waals surface area contributed by atoms with E-state index in [1.807, 2.05) is 0 Å². The molecule has 0 radical (unpaired) electrons. The van der Waals surface area contributed by atoms with E-state index in [4.69, 9.17) is 0 Å². The van der Waals surface area contributed by atoms with Gasteiger partial charge in [0, 0.05) is 11.0 Å². The molecule has 0 unspecified atom stereocenters. The van der Waals surface area contributed by atoms with Crippen molar-refractivity contribution in [3.63, 3.8) is 0 Å². The third kappa shape index (κ3) is 3.22. The first-order chi connectivity index (χ1) is 9.49. The Morgan fingerprint density at radius 3 is 2.60 bits per heavy atom. The number of aryl methyl sites for hydroxylation is 1. The molecule has 20 heavy (non-hydrogen) atoms. The third-order valence-corrected chi connectivity index (χ3v) is 3.54. The molecule has 0 heterocycles. The summed E-state index contributed by atoms with van der Waals surface area (Å²) in [5, 5.41) is 2.57. The molecule has 0 saturated carbocycles. The fraction of sp³-hybridized carbons (Fsp3) is 0.133. The van der Waals surface area contributed by atoms with Gasteiger partial charge in [-0.15, -0.1) is 0 Å². The van der Waals surface area contributed by atoms with Crippen molar-refractivity contribution >= 4 is 21.8 Å². The quantitative estimate of drug-likeness (QED) is 0.900. The maximum atomic E-state index is 13.6. The van der Waals surface area contributed by atoms with Crippen molar-refractivity contribution in [2.45, 2.75) is 13.5 Å². The molecule has 5 heteroatoms. The lowest BCUT2D eigenvalue weighted by Gasteiger charge is -2.08. The predicted molar refractivity (Wildman–Crippen MR) is 76.4 cm³/mol. The van der Waals surface area contributed by atoms with Gasteiger partial charge in [0.15, 0.2) is 0 Å². The average Bonchev–Trinajstić information content (AvgIpc) is 2.40. The van der Waals surface area contributed by atoms with E-state index in [0.29, 0.717) is 15.6 Å². The lowest BCUT2D eigenvalue weighted by atomic mass is 10.1. The highest BCUT2D eigenvalue weighted by Crippen LogP contribution is 2.19. The van der Waals surface area contributed by atoms with Crippen LogP contribution in [0.5, 0.6) is 0 Å². The summed E-state index contributed by atoms with van der Waals surface area (Å²) in [5.74, 6) is -1.48. The first-order valence-electron chi connectivity index (χ1n) is 5.96. The minimum absolute atomic E-state index is 0.0555. The Labute approximate surface area is 123 Å². The molecule has 0 aromatic heterocycles. The zero-order valence-electron chi connectivity index (χ0n) is 10.7. The molecule has 1 N–H and O–H groups in total. The Morgan fingerprint density at radius 1 is 1.20 bits per heavy atom. The number of hydrogen-bond acceptors (Lipinski definition) is 1. The highest BCUT2D eigenvalue weighted by atomic mass is 79.9. The second kappa shape index (κ2) is 6.13. The van der Waals surface area contributed by atoms with E-state index in [9.17, 15) is 13.6 Å². The van der Waals surface area contributed by atoms with Crippen molar-refractivity contribution in [2.75, 3.05) is 0 Å². The second-order valence-corrected chi connectivity index (χ2v) is 5.22. The normalized spacial score (nSPS) is 10.4. The molecule has 104 valence electrons. The van der Waals surface area contributed by atoms with Gasteiger partial charge in [-0.25, -0.2) is 8.78 Å². The molecule has 2 rings (SSSR count). The van der Waals surface area contributed by atoms with Crippen LogP contribution in [0.3, 0.4) is 0 Å². The van der Waals surface area contributed by atoms with Crippen molar-refractivity contribution in [1.29, 1.82) is 0 Å². The molecule has 2 aromatic carbocycles. The number of rotatable bonds is 3. The van der Waals surface area contributed by atoms with Crippen molar-refractivity contribution in [2.24, 2.45) is 0 Å². The number of benzene rings is 2.